The van der Waals surface area contributed by atoms with E-state index in [1.54, 1.807) is 18.5 Å². The van der Waals surface area contributed by atoms with Gasteiger partial charge in [-0.2, -0.15) is 10.5 Å². The number of anilines is 1. The van der Waals surface area contributed by atoms with Crippen LogP contribution in [0.1, 0.15) is 18.4 Å². The van der Waals surface area contributed by atoms with Gasteiger partial charge in [0.25, 0.3) is 0 Å². The highest BCUT2D eigenvalue weighted by atomic mass is 15.1. The van der Waals surface area contributed by atoms with Crippen molar-refractivity contribution >= 4 is 5.69 Å². The van der Waals surface area contributed by atoms with Crippen LogP contribution in [0.15, 0.2) is 18.5 Å². The van der Waals surface area contributed by atoms with Gasteiger partial charge in [-0.25, -0.2) is 0 Å². The van der Waals surface area contributed by atoms with Crippen molar-refractivity contribution in [2.45, 2.75) is 18.9 Å². The predicted molar refractivity (Wildman–Crippen MR) is 67.6 cm³/mol. The number of nitrogens with one attached hydrogen (secondary N) is 1. The summed E-state index contributed by atoms with van der Waals surface area (Å²) in [7, 11) is 0. The number of rotatable bonds is 3. The van der Waals surface area contributed by atoms with E-state index < -0.39 is 0 Å². The summed E-state index contributed by atoms with van der Waals surface area (Å²) in [5.41, 5.74) is 1.43. The standard InChI is InChI=1S/C13H15N5/c14-4-8-18-6-2-12(3-7-18)17-13-10-16-5-1-11(13)9-15/h1,5,10,12,17H,2-3,6-8H2. The van der Waals surface area contributed by atoms with Gasteiger partial charge < -0.3 is 5.32 Å². The van der Waals surface area contributed by atoms with Gasteiger partial charge in [-0.05, 0) is 18.9 Å². The molecule has 1 aromatic heterocycles. The summed E-state index contributed by atoms with van der Waals surface area (Å²) in [4.78, 5) is 6.18. The molecule has 5 heteroatoms. The zero-order valence-corrected chi connectivity index (χ0v) is 10.1. The molecule has 1 aliphatic heterocycles. The van der Waals surface area contributed by atoms with Crippen LogP contribution in [-0.4, -0.2) is 35.6 Å². The van der Waals surface area contributed by atoms with Crippen molar-refractivity contribution in [2.75, 3.05) is 25.0 Å². The Labute approximate surface area is 107 Å². The van der Waals surface area contributed by atoms with Crippen LogP contribution in [0, 0.1) is 22.7 Å². The Kier molecular flexibility index (Phi) is 4.11. The van der Waals surface area contributed by atoms with Gasteiger partial charge in [-0.3, -0.25) is 9.88 Å². The number of nitriles is 2. The summed E-state index contributed by atoms with van der Waals surface area (Å²) in [6, 6.07) is 6.40. The number of aromatic nitrogens is 1. The van der Waals surface area contributed by atoms with Crippen LogP contribution in [0.25, 0.3) is 0 Å². The van der Waals surface area contributed by atoms with Crippen molar-refractivity contribution in [1.82, 2.24) is 9.88 Å². The van der Waals surface area contributed by atoms with Crippen LogP contribution >= 0.6 is 0 Å². The zero-order valence-electron chi connectivity index (χ0n) is 10.1. The third-order valence-electron chi connectivity index (χ3n) is 3.18. The van der Waals surface area contributed by atoms with Gasteiger partial charge >= 0.3 is 0 Å². The molecule has 0 saturated carbocycles. The lowest BCUT2D eigenvalue weighted by Gasteiger charge is -2.31. The van der Waals surface area contributed by atoms with Crippen molar-refractivity contribution in [1.29, 1.82) is 10.5 Å². The molecule has 0 aromatic carbocycles. The molecule has 2 heterocycles. The monoisotopic (exact) mass is 241 g/mol. The van der Waals surface area contributed by atoms with E-state index in [1.165, 1.54) is 0 Å². The average Bonchev–Trinajstić information content (AvgIpc) is 2.42. The van der Waals surface area contributed by atoms with E-state index in [9.17, 15) is 0 Å². The lowest BCUT2D eigenvalue weighted by Crippen LogP contribution is -2.39. The minimum atomic E-state index is 0.358. The lowest BCUT2D eigenvalue weighted by molar-refractivity contribution is 0.242. The molecule has 5 nitrogen and oxygen atoms in total. The molecule has 1 N–H and O–H groups in total. The fourth-order valence-corrected chi connectivity index (χ4v) is 2.16. The zero-order chi connectivity index (χ0) is 12.8. The largest absolute Gasteiger partial charge is 0.380 e. The Morgan fingerprint density at radius 2 is 2.17 bits per heavy atom. The minimum Gasteiger partial charge on any atom is -0.380 e. The molecule has 1 aromatic rings. The Hall–Kier alpha value is -2.11. The first-order valence-electron chi connectivity index (χ1n) is 6.03. The quantitative estimate of drug-likeness (QED) is 0.808. The molecular weight excluding hydrogens is 226 g/mol. The third kappa shape index (κ3) is 2.97. The van der Waals surface area contributed by atoms with E-state index >= 15 is 0 Å². The van der Waals surface area contributed by atoms with Crippen LogP contribution < -0.4 is 5.32 Å². The molecule has 0 aliphatic carbocycles. The summed E-state index contributed by atoms with van der Waals surface area (Å²) in [6.45, 7) is 2.35. The number of pyridine rings is 1. The molecule has 92 valence electrons. The van der Waals surface area contributed by atoms with Gasteiger partial charge in [0.2, 0.25) is 0 Å². The Bertz CT molecular complexity index is 477. The summed E-state index contributed by atoms with van der Waals surface area (Å²) in [5, 5.41) is 21.0. The van der Waals surface area contributed by atoms with Crippen molar-refractivity contribution in [3.8, 4) is 12.1 Å². The molecule has 18 heavy (non-hydrogen) atoms. The summed E-state index contributed by atoms with van der Waals surface area (Å²) in [6.07, 6.45) is 5.29. The molecule has 0 unspecified atom stereocenters. The van der Waals surface area contributed by atoms with Gasteiger partial charge in [-0.1, -0.05) is 0 Å². The van der Waals surface area contributed by atoms with Crippen LogP contribution in [0.5, 0.6) is 0 Å². The van der Waals surface area contributed by atoms with E-state index in [-0.39, 0.29) is 0 Å². The average molecular weight is 241 g/mol. The predicted octanol–water partition coefficient (Wildman–Crippen LogP) is 1.35. The van der Waals surface area contributed by atoms with Crippen molar-refractivity contribution in [2.24, 2.45) is 0 Å². The molecule has 0 atom stereocenters. The second-order valence-corrected chi connectivity index (χ2v) is 4.39. The first-order chi connectivity index (χ1) is 8.83. The second-order valence-electron chi connectivity index (χ2n) is 4.39. The first-order valence-corrected chi connectivity index (χ1v) is 6.03. The fourth-order valence-electron chi connectivity index (χ4n) is 2.16. The summed E-state index contributed by atoms with van der Waals surface area (Å²) in [5.74, 6) is 0. The van der Waals surface area contributed by atoms with E-state index in [0.29, 0.717) is 18.2 Å². The van der Waals surface area contributed by atoms with Gasteiger partial charge in [0.15, 0.2) is 0 Å². The van der Waals surface area contributed by atoms with Crippen LogP contribution in [0.2, 0.25) is 0 Å². The lowest BCUT2D eigenvalue weighted by atomic mass is 10.0. The van der Waals surface area contributed by atoms with E-state index in [2.05, 4.69) is 27.3 Å². The SMILES string of the molecule is N#CCN1CCC(Nc2cnccc2C#N)CC1. The Balaban J connectivity index is 1.92. The van der Waals surface area contributed by atoms with E-state index in [4.69, 9.17) is 10.5 Å². The topological polar surface area (TPSA) is 75.7 Å². The van der Waals surface area contributed by atoms with Gasteiger partial charge in [-0.15, -0.1) is 0 Å². The number of likely N-dealkylation sites (tertiary alicyclic amines) is 1. The molecule has 0 radical (unpaired) electrons. The van der Waals surface area contributed by atoms with E-state index in [0.717, 1.165) is 31.6 Å². The van der Waals surface area contributed by atoms with E-state index in [1.807, 2.05) is 0 Å². The Morgan fingerprint density at radius 3 is 2.83 bits per heavy atom. The number of hydrogen-bond donors (Lipinski definition) is 1. The number of piperidine rings is 1. The summed E-state index contributed by atoms with van der Waals surface area (Å²) < 4.78 is 0. The molecule has 0 amide bonds. The minimum absolute atomic E-state index is 0.358. The van der Waals surface area contributed by atoms with Crippen LogP contribution in [0.3, 0.4) is 0 Å². The van der Waals surface area contributed by atoms with Crippen molar-refractivity contribution in [3.05, 3.63) is 24.0 Å². The maximum atomic E-state index is 9.00. The molecule has 1 saturated heterocycles. The van der Waals surface area contributed by atoms with Gasteiger partial charge in [0.05, 0.1) is 30.1 Å². The highest BCUT2D eigenvalue weighted by Gasteiger charge is 2.19. The smallest absolute Gasteiger partial charge is 0.101 e. The van der Waals surface area contributed by atoms with Gasteiger partial charge in [0.1, 0.15) is 6.07 Å². The van der Waals surface area contributed by atoms with Gasteiger partial charge in [0, 0.05) is 25.3 Å². The molecule has 1 aliphatic rings. The van der Waals surface area contributed by atoms with Crippen LogP contribution in [0.4, 0.5) is 5.69 Å². The fraction of sp³-hybridized carbons (Fsp3) is 0.462. The second kappa shape index (κ2) is 6.00. The molecule has 0 spiro atoms. The molecule has 1 fully saturated rings. The third-order valence-corrected chi connectivity index (χ3v) is 3.18. The number of hydrogen-bond acceptors (Lipinski definition) is 5. The molecule has 0 bridgehead atoms. The van der Waals surface area contributed by atoms with Crippen molar-refractivity contribution < 1.29 is 0 Å². The molecule has 2 rings (SSSR count). The highest BCUT2D eigenvalue weighted by Crippen LogP contribution is 2.18. The maximum absolute atomic E-state index is 9.00. The maximum Gasteiger partial charge on any atom is 0.101 e. The Morgan fingerprint density at radius 1 is 1.39 bits per heavy atom. The van der Waals surface area contributed by atoms with Crippen LogP contribution in [-0.2, 0) is 0 Å². The molecular formula is C13H15N5. The van der Waals surface area contributed by atoms with Crippen molar-refractivity contribution in [3.63, 3.8) is 0 Å². The first kappa shape index (κ1) is 12.3. The normalized spacial score (nSPS) is 16.8. The highest BCUT2D eigenvalue weighted by molar-refractivity contribution is 5.55. The summed E-state index contributed by atoms with van der Waals surface area (Å²) >= 11 is 0. The number of nitrogens with zero attached hydrogens (tertiary/aromatic N) is 4.